The number of hydrogen-bond acceptors (Lipinski definition) is 2. The summed E-state index contributed by atoms with van der Waals surface area (Å²) in [5, 5.41) is 0. The second-order valence-corrected chi connectivity index (χ2v) is 3.93. The lowest BCUT2D eigenvalue weighted by molar-refractivity contribution is 0.686. The summed E-state index contributed by atoms with van der Waals surface area (Å²) >= 11 is 5.18. The molecule has 1 N–H and O–H groups in total. The smallest absolute Gasteiger partial charge is 0.177 e. The molecule has 0 radical (unpaired) electrons. The van der Waals surface area contributed by atoms with E-state index in [-0.39, 0.29) is 0 Å². The Bertz CT molecular complexity index is 484. The van der Waals surface area contributed by atoms with Crippen LogP contribution in [-0.2, 0) is 13.0 Å². The second-order valence-electron chi connectivity index (χ2n) is 3.54. The predicted molar refractivity (Wildman–Crippen MR) is 62.3 cm³/mol. The number of rotatable bonds is 3. The van der Waals surface area contributed by atoms with Crippen LogP contribution in [0.1, 0.15) is 11.3 Å². The summed E-state index contributed by atoms with van der Waals surface area (Å²) in [7, 11) is 0. The van der Waals surface area contributed by atoms with Crippen LogP contribution in [0.5, 0.6) is 0 Å². The van der Waals surface area contributed by atoms with E-state index in [0.717, 1.165) is 23.4 Å². The van der Waals surface area contributed by atoms with Gasteiger partial charge in [0.25, 0.3) is 0 Å². The van der Waals surface area contributed by atoms with Crippen LogP contribution >= 0.6 is 12.2 Å². The van der Waals surface area contributed by atoms with Crippen LogP contribution in [-0.4, -0.2) is 14.5 Å². The highest BCUT2D eigenvalue weighted by Crippen LogP contribution is 2.02. The van der Waals surface area contributed by atoms with Crippen molar-refractivity contribution in [1.29, 1.82) is 0 Å². The third kappa shape index (κ3) is 2.53. The molecule has 3 nitrogen and oxygen atoms in total. The van der Waals surface area contributed by atoms with Crippen LogP contribution < -0.4 is 0 Å². The van der Waals surface area contributed by atoms with Crippen molar-refractivity contribution in [3.8, 4) is 0 Å². The molecule has 78 valence electrons. The van der Waals surface area contributed by atoms with E-state index in [9.17, 15) is 0 Å². The zero-order valence-electron chi connectivity index (χ0n) is 8.60. The van der Waals surface area contributed by atoms with E-state index >= 15 is 0 Å². The second kappa shape index (κ2) is 4.40. The molecule has 0 saturated carbocycles. The maximum atomic E-state index is 5.18. The summed E-state index contributed by atoms with van der Waals surface area (Å²) in [5.41, 5.74) is 2.39. The van der Waals surface area contributed by atoms with Gasteiger partial charge in [0.2, 0.25) is 0 Å². The third-order valence-electron chi connectivity index (χ3n) is 2.31. The number of hydrogen-bond donors (Lipinski definition) is 1. The molecule has 0 unspecified atom stereocenters. The van der Waals surface area contributed by atoms with Crippen LogP contribution in [0.3, 0.4) is 0 Å². The van der Waals surface area contributed by atoms with Crippen molar-refractivity contribution >= 4 is 12.2 Å². The highest BCUT2D eigenvalue weighted by molar-refractivity contribution is 7.71. The minimum Gasteiger partial charge on any atom is -0.335 e. The molecule has 2 aromatic heterocycles. The molecule has 0 aliphatic rings. The zero-order valence-corrected chi connectivity index (χ0v) is 9.42. The fourth-order valence-corrected chi connectivity index (χ4v) is 1.84. The van der Waals surface area contributed by atoms with Gasteiger partial charge in [0.1, 0.15) is 0 Å². The molecule has 0 atom stereocenters. The van der Waals surface area contributed by atoms with Crippen LogP contribution in [0.2, 0.25) is 0 Å². The summed E-state index contributed by atoms with van der Waals surface area (Å²) < 4.78 is 2.85. The number of nitrogens with zero attached hydrogens (tertiary/aromatic N) is 2. The first-order chi connectivity index (χ1) is 7.25. The molecule has 2 heterocycles. The summed E-state index contributed by atoms with van der Waals surface area (Å²) in [6, 6.07) is 4.06. The molecule has 2 aromatic rings. The maximum Gasteiger partial charge on any atom is 0.177 e. The molecule has 0 saturated heterocycles. The van der Waals surface area contributed by atoms with Crippen LogP contribution in [0, 0.1) is 11.7 Å². The lowest BCUT2D eigenvalue weighted by atomic mass is 10.2. The van der Waals surface area contributed by atoms with Crippen molar-refractivity contribution in [2.75, 3.05) is 0 Å². The van der Waals surface area contributed by atoms with Crippen molar-refractivity contribution in [3.63, 3.8) is 0 Å². The van der Waals surface area contributed by atoms with Crippen molar-refractivity contribution < 1.29 is 0 Å². The Kier molecular flexibility index (Phi) is 2.97. The van der Waals surface area contributed by atoms with E-state index in [1.807, 2.05) is 37.6 Å². The molecule has 0 spiro atoms. The van der Waals surface area contributed by atoms with E-state index in [0.29, 0.717) is 0 Å². The Labute approximate surface area is 93.8 Å². The molecule has 0 aliphatic heterocycles. The normalized spacial score (nSPS) is 10.5. The summed E-state index contributed by atoms with van der Waals surface area (Å²) in [6.07, 6.45) is 6.66. The van der Waals surface area contributed by atoms with Gasteiger partial charge in [-0.2, -0.15) is 0 Å². The number of aryl methyl sites for hydroxylation is 3. The average Bonchev–Trinajstić information content (AvgIpc) is 2.56. The van der Waals surface area contributed by atoms with Gasteiger partial charge in [0, 0.05) is 30.8 Å². The summed E-state index contributed by atoms with van der Waals surface area (Å²) in [4.78, 5) is 7.10. The Morgan fingerprint density at radius 1 is 1.40 bits per heavy atom. The standard InChI is InChI=1S/C11H13N3S/c1-9-8-14(11(15)13-9)7-4-10-2-5-12-6-3-10/h2-3,5-6,8H,4,7H2,1H3,(H,13,15). The van der Waals surface area contributed by atoms with Gasteiger partial charge in [-0.1, -0.05) is 0 Å². The van der Waals surface area contributed by atoms with Crippen molar-refractivity contribution in [3.05, 3.63) is 46.8 Å². The zero-order chi connectivity index (χ0) is 10.7. The van der Waals surface area contributed by atoms with E-state index in [1.165, 1.54) is 5.56 Å². The first-order valence-electron chi connectivity index (χ1n) is 4.90. The quantitative estimate of drug-likeness (QED) is 0.805. The Morgan fingerprint density at radius 2 is 2.13 bits per heavy atom. The summed E-state index contributed by atoms with van der Waals surface area (Å²) in [5.74, 6) is 0. The molecule has 2 rings (SSSR count). The number of pyridine rings is 1. The fraction of sp³-hybridized carbons (Fsp3) is 0.273. The number of nitrogens with one attached hydrogen (secondary N) is 1. The van der Waals surface area contributed by atoms with Gasteiger partial charge in [-0.25, -0.2) is 0 Å². The molecule has 15 heavy (non-hydrogen) atoms. The topological polar surface area (TPSA) is 33.6 Å². The predicted octanol–water partition coefficient (Wildman–Crippen LogP) is 2.49. The number of H-pyrrole nitrogens is 1. The Balaban J connectivity index is 2.05. The molecular weight excluding hydrogens is 206 g/mol. The van der Waals surface area contributed by atoms with Crippen LogP contribution in [0.15, 0.2) is 30.7 Å². The highest BCUT2D eigenvalue weighted by atomic mass is 32.1. The number of aromatic amines is 1. The third-order valence-corrected chi connectivity index (χ3v) is 2.64. The van der Waals surface area contributed by atoms with Gasteiger partial charge >= 0.3 is 0 Å². The van der Waals surface area contributed by atoms with E-state index < -0.39 is 0 Å². The van der Waals surface area contributed by atoms with Gasteiger partial charge in [-0.3, -0.25) is 4.98 Å². The number of imidazole rings is 1. The highest BCUT2D eigenvalue weighted by Gasteiger charge is 1.97. The maximum absolute atomic E-state index is 5.18. The Morgan fingerprint density at radius 3 is 2.73 bits per heavy atom. The molecule has 0 aliphatic carbocycles. The number of aromatic nitrogens is 3. The van der Waals surface area contributed by atoms with E-state index in [4.69, 9.17) is 12.2 Å². The van der Waals surface area contributed by atoms with Crippen molar-refractivity contribution in [1.82, 2.24) is 14.5 Å². The van der Waals surface area contributed by atoms with Gasteiger partial charge in [-0.05, 0) is 43.3 Å². The first-order valence-corrected chi connectivity index (χ1v) is 5.31. The largest absolute Gasteiger partial charge is 0.335 e. The van der Waals surface area contributed by atoms with Gasteiger partial charge in [0.15, 0.2) is 4.77 Å². The fourth-order valence-electron chi connectivity index (χ4n) is 1.53. The van der Waals surface area contributed by atoms with E-state index in [1.54, 1.807) is 0 Å². The van der Waals surface area contributed by atoms with Gasteiger partial charge in [0.05, 0.1) is 0 Å². The minimum absolute atomic E-state index is 0.793. The first kappa shape index (κ1) is 10.1. The SMILES string of the molecule is Cc1cn(CCc2ccncc2)c(=S)[nH]1. The molecule has 0 bridgehead atoms. The van der Waals surface area contributed by atoms with E-state index in [2.05, 4.69) is 14.5 Å². The molecule has 0 amide bonds. The minimum atomic E-state index is 0.793. The molecule has 0 fully saturated rings. The van der Waals surface area contributed by atoms with Gasteiger partial charge < -0.3 is 9.55 Å². The molecule has 4 heteroatoms. The van der Waals surface area contributed by atoms with Crippen molar-refractivity contribution in [2.24, 2.45) is 0 Å². The van der Waals surface area contributed by atoms with Crippen LogP contribution in [0.4, 0.5) is 0 Å². The van der Waals surface area contributed by atoms with Gasteiger partial charge in [-0.15, -0.1) is 0 Å². The lowest BCUT2D eigenvalue weighted by Gasteiger charge is -2.01. The van der Waals surface area contributed by atoms with Crippen molar-refractivity contribution in [2.45, 2.75) is 19.9 Å². The monoisotopic (exact) mass is 219 g/mol. The molecule has 0 aromatic carbocycles. The average molecular weight is 219 g/mol. The van der Waals surface area contributed by atoms with Crippen LogP contribution in [0.25, 0.3) is 0 Å². The molecular formula is C11H13N3S. The summed E-state index contributed by atoms with van der Waals surface area (Å²) in [6.45, 7) is 2.92. The lowest BCUT2D eigenvalue weighted by Crippen LogP contribution is -1.99. The Hall–Kier alpha value is -1.42.